The molecular weight excluding hydrogens is 517 g/mol. The Morgan fingerprint density at radius 3 is 2.65 bits per heavy atom. The summed E-state index contributed by atoms with van der Waals surface area (Å²) >= 11 is 0. The van der Waals surface area contributed by atoms with Crippen molar-refractivity contribution >= 4 is 28.9 Å². The highest BCUT2D eigenvalue weighted by atomic mass is 19.1. The number of nitrogens with zero attached hydrogens (tertiary/aromatic N) is 4. The molecule has 3 aromatic rings. The van der Waals surface area contributed by atoms with Crippen LogP contribution in [0.15, 0.2) is 42.6 Å². The van der Waals surface area contributed by atoms with Crippen LogP contribution in [0, 0.1) is 5.82 Å². The first-order valence-corrected chi connectivity index (χ1v) is 13.3. The Morgan fingerprint density at radius 2 is 1.95 bits per heavy atom. The molecule has 1 N–H and O–H groups in total. The highest BCUT2D eigenvalue weighted by Gasteiger charge is 2.22. The van der Waals surface area contributed by atoms with Crippen LogP contribution in [-0.2, 0) is 9.47 Å². The minimum atomic E-state index is -0.608. The van der Waals surface area contributed by atoms with Crippen molar-refractivity contribution in [1.29, 1.82) is 0 Å². The van der Waals surface area contributed by atoms with Crippen LogP contribution in [0.25, 0.3) is 11.0 Å². The van der Waals surface area contributed by atoms with Gasteiger partial charge in [-0.25, -0.2) is 14.2 Å². The molecule has 0 bridgehead atoms. The number of amides is 2. The molecule has 0 spiro atoms. The van der Waals surface area contributed by atoms with Crippen LogP contribution in [0.1, 0.15) is 49.7 Å². The molecule has 4 rings (SSSR count). The SMILES string of the molecule is C[C@@H](Oc1cccc(F)c1)c1cc(C(=O)NCCN(C)C(=O)OC(C)(C)C)cc2ncc(N3CCOCC3)nc12. The van der Waals surface area contributed by atoms with E-state index in [1.807, 2.05) is 6.92 Å². The summed E-state index contributed by atoms with van der Waals surface area (Å²) in [5.74, 6) is 0.321. The van der Waals surface area contributed by atoms with Crippen molar-refractivity contribution in [2.75, 3.05) is 51.3 Å². The van der Waals surface area contributed by atoms with Gasteiger partial charge in [0.15, 0.2) is 0 Å². The number of halogens is 1. The molecule has 40 heavy (non-hydrogen) atoms. The summed E-state index contributed by atoms with van der Waals surface area (Å²) in [6.07, 6.45) is 0.654. The zero-order chi connectivity index (χ0) is 28.9. The lowest BCUT2D eigenvalue weighted by Gasteiger charge is -2.28. The fourth-order valence-corrected chi connectivity index (χ4v) is 4.20. The minimum absolute atomic E-state index is 0.221. The van der Waals surface area contributed by atoms with Crippen molar-refractivity contribution < 1.29 is 28.2 Å². The Hall–Kier alpha value is -3.99. The Labute approximate surface area is 233 Å². The monoisotopic (exact) mass is 553 g/mol. The van der Waals surface area contributed by atoms with Crippen molar-refractivity contribution in [1.82, 2.24) is 20.2 Å². The fourth-order valence-electron chi connectivity index (χ4n) is 4.20. The van der Waals surface area contributed by atoms with Gasteiger partial charge in [0.25, 0.3) is 5.91 Å². The van der Waals surface area contributed by atoms with Crippen molar-refractivity contribution in [2.45, 2.75) is 39.4 Å². The van der Waals surface area contributed by atoms with E-state index < -0.39 is 23.6 Å². The van der Waals surface area contributed by atoms with Crippen LogP contribution >= 0.6 is 0 Å². The highest BCUT2D eigenvalue weighted by molar-refractivity contribution is 5.98. The maximum Gasteiger partial charge on any atom is 0.410 e. The summed E-state index contributed by atoms with van der Waals surface area (Å²) in [6, 6.07) is 9.29. The van der Waals surface area contributed by atoms with Gasteiger partial charge in [-0.1, -0.05) is 6.07 Å². The summed E-state index contributed by atoms with van der Waals surface area (Å²) in [7, 11) is 1.61. The molecule has 1 aromatic heterocycles. The average Bonchev–Trinajstić information content (AvgIpc) is 2.91. The summed E-state index contributed by atoms with van der Waals surface area (Å²) in [4.78, 5) is 38.4. The quantitative estimate of drug-likeness (QED) is 0.439. The second-order valence-electron chi connectivity index (χ2n) is 10.6. The van der Waals surface area contributed by atoms with E-state index in [1.165, 1.54) is 17.0 Å². The van der Waals surface area contributed by atoms with Gasteiger partial charge in [-0.05, 0) is 52.0 Å². The first-order chi connectivity index (χ1) is 19.0. The highest BCUT2D eigenvalue weighted by Crippen LogP contribution is 2.29. The van der Waals surface area contributed by atoms with Gasteiger partial charge in [0.2, 0.25) is 0 Å². The number of nitrogens with one attached hydrogen (secondary N) is 1. The predicted octanol–water partition coefficient (Wildman–Crippen LogP) is 4.34. The number of anilines is 1. The number of ether oxygens (including phenoxy) is 3. The average molecular weight is 554 g/mol. The second-order valence-corrected chi connectivity index (χ2v) is 10.6. The van der Waals surface area contributed by atoms with Gasteiger partial charge in [0.1, 0.15) is 29.1 Å². The molecular formula is C29H36FN5O5. The third-order valence-corrected chi connectivity index (χ3v) is 6.25. The Kier molecular flexibility index (Phi) is 9.03. The molecule has 1 saturated heterocycles. The van der Waals surface area contributed by atoms with Crippen LogP contribution in [0.5, 0.6) is 5.75 Å². The number of rotatable bonds is 8. The summed E-state index contributed by atoms with van der Waals surface area (Å²) in [6.45, 7) is 10.3. The Morgan fingerprint density at radius 1 is 1.20 bits per heavy atom. The van der Waals surface area contributed by atoms with Crippen LogP contribution in [-0.4, -0.2) is 78.9 Å². The maximum atomic E-state index is 13.8. The number of likely N-dealkylation sites (N-methyl/N-ethyl adjacent to an activating group) is 1. The number of hydrogen-bond acceptors (Lipinski definition) is 8. The molecule has 0 saturated carbocycles. The van der Waals surface area contributed by atoms with E-state index >= 15 is 0 Å². The molecule has 2 heterocycles. The van der Waals surface area contributed by atoms with E-state index in [-0.39, 0.29) is 19.0 Å². The predicted molar refractivity (Wildman–Crippen MR) is 149 cm³/mol. The molecule has 1 fully saturated rings. The molecule has 2 aromatic carbocycles. The lowest BCUT2D eigenvalue weighted by molar-refractivity contribution is 0.0299. The van der Waals surface area contributed by atoms with Crippen molar-refractivity contribution in [2.24, 2.45) is 0 Å². The van der Waals surface area contributed by atoms with Crippen LogP contribution < -0.4 is 15.0 Å². The van der Waals surface area contributed by atoms with Crippen LogP contribution in [0.2, 0.25) is 0 Å². The lowest BCUT2D eigenvalue weighted by atomic mass is 10.0. The Bertz CT molecular complexity index is 1360. The van der Waals surface area contributed by atoms with E-state index in [1.54, 1.807) is 58.3 Å². The van der Waals surface area contributed by atoms with Crippen LogP contribution in [0.4, 0.5) is 15.0 Å². The zero-order valence-electron chi connectivity index (χ0n) is 23.6. The largest absolute Gasteiger partial charge is 0.486 e. The number of hydrogen-bond donors (Lipinski definition) is 1. The second kappa shape index (κ2) is 12.5. The molecule has 1 aliphatic heterocycles. The molecule has 2 amide bonds. The summed E-state index contributed by atoms with van der Waals surface area (Å²) in [5, 5.41) is 2.85. The van der Waals surface area contributed by atoms with Gasteiger partial charge >= 0.3 is 6.09 Å². The maximum absolute atomic E-state index is 13.8. The van der Waals surface area contributed by atoms with Crippen LogP contribution in [0.3, 0.4) is 0 Å². The van der Waals surface area contributed by atoms with Crippen molar-refractivity contribution in [3.63, 3.8) is 0 Å². The van der Waals surface area contributed by atoms with Gasteiger partial charge < -0.3 is 29.3 Å². The molecule has 214 valence electrons. The third kappa shape index (κ3) is 7.56. The molecule has 10 nitrogen and oxygen atoms in total. The first-order valence-electron chi connectivity index (χ1n) is 13.3. The van der Waals surface area contributed by atoms with Crippen molar-refractivity contribution in [3.8, 4) is 5.75 Å². The smallest absolute Gasteiger partial charge is 0.410 e. The number of carbonyl (C=O) groups is 2. The molecule has 11 heteroatoms. The molecule has 0 aliphatic carbocycles. The number of aromatic nitrogens is 2. The molecule has 1 aliphatic rings. The first kappa shape index (κ1) is 29.0. The van der Waals surface area contributed by atoms with Gasteiger partial charge in [0.05, 0.1) is 30.4 Å². The van der Waals surface area contributed by atoms with E-state index in [4.69, 9.17) is 19.2 Å². The van der Waals surface area contributed by atoms with Gasteiger partial charge in [0, 0.05) is 50.4 Å². The number of carbonyl (C=O) groups excluding carboxylic acids is 2. The van der Waals surface area contributed by atoms with E-state index in [0.29, 0.717) is 60.0 Å². The lowest BCUT2D eigenvalue weighted by Crippen LogP contribution is -2.39. The van der Waals surface area contributed by atoms with Gasteiger partial charge in [-0.3, -0.25) is 9.78 Å². The van der Waals surface area contributed by atoms with Crippen molar-refractivity contribution in [3.05, 3.63) is 59.5 Å². The topological polar surface area (TPSA) is 106 Å². The number of benzene rings is 2. The summed E-state index contributed by atoms with van der Waals surface area (Å²) < 4.78 is 30.7. The third-order valence-electron chi connectivity index (χ3n) is 6.25. The fraction of sp³-hybridized carbons (Fsp3) is 0.448. The van der Waals surface area contributed by atoms with Gasteiger partial charge in [-0.2, -0.15) is 0 Å². The minimum Gasteiger partial charge on any atom is -0.486 e. The normalized spacial score (nSPS) is 14.5. The number of morpholine rings is 1. The standard InChI is InChI=1S/C29H36FN5O5/c1-19(39-22-8-6-7-21(30)17-22)23-15-20(27(36)31-9-10-34(5)28(37)40-29(2,3)4)16-24-26(23)33-25(18-32-24)35-11-13-38-14-12-35/h6-8,15-19H,9-14H2,1-5H3,(H,31,36)/t19-/m1/s1. The molecule has 0 unspecified atom stereocenters. The zero-order valence-corrected chi connectivity index (χ0v) is 23.6. The molecule has 1 atom stereocenters. The Balaban J connectivity index is 1.57. The van der Waals surface area contributed by atoms with Gasteiger partial charge in [-0.15, -0.1) is 0 Å². The van der Waals surface area contributed by atoms with E-state index in [0.717, 1.165) is 0 Å². The summed E-state index contributed by atoms with van der Waals surface area (Å²) in [5.41, 5.74) is 1.52. The molecule has 0 radical (unpaired) electrons. The van der Waals surface area contributed by atoms with E-state index in [2.05, 4.69) is 15.2 Å². The van der Waals surface area contributed by atoms with E-state index in [9.17, 15) is 14.0 Å². The number of fused-ring (bicyclic) bond motifs is 1.